The third-order valence-electron chi connectivity index (χ3n) is 3.48. The molecule has 1 unspecified atom stereocenters. The number of carboxylic acids is 1. The molecule has 0 radical (unpaired) electrons. The number of methoxy groups -OCH3 is 1. The van der Waals surface area contributed by atoms with E-state index in [9.17, 15) is 4.79 Å². The molecule has 1 N–H and O–H groups in total. The fourth-order valence-corrected chi connectivity index (χ4v) is 2.33. The van der Waals surface area contributed by atoms with Crippen molar-refractivity contribution in [1.82, 2.24) is 0 Å². The van der Waals surface area contributed by atoms with Crippen LogP contribution in [-0.4, -0.2) is 18.2 Å². The Morgan fingerprint density at radius 3 is 2.10 bits per heavy atom. The lowest BCUT2D eigenvalue weighted by Gasteiger charge is -2.17. The van der Waals surface area contributed by atoms with Gasteiger partial charge in [0.25, 0.3) is 0 Å². The monoisotopic (exact) mass is 282 g/mol. The second-order valence-corrected chi connectivity index (χ2v) is 4.78. The Bertz CT molecular complexity index is 612. The molecule has 0 fully saturated rings. The molecule has 0 aliphatic carbocycles. The maximum absolute atomic E-state index is 10.9. The molecule has 0 aliphatic heterocycles. The topological polar surface area (TPSA) is 46.5 Å². The molecule has 3 heteroatoms. The van der Waals surface area contributed by atoms with Gasteiger partial charge < -0.3 is 9.84 Å². The Morgan fingerprint density at radius 2 is 1.67 bits per heavy atom. The summed E-state index contributed by atoms with van der Waals surface area (Å²) in [5.74, 6) is 0.0693. The zero-order valence-electron chi connectivity index (χ0n) is 12.0. The number of carboxylic acid groups (broad SMARTS) is 1. The van der Waals surface area contributed by atoms with Crippen molar-refractivity contribution in [1.29, 1.82) is 0 Å². The van der Waals surface area contributed by atoms with Crippen LogP contribution in [0.5, 0.6) is 5.75 Å². The maximum Gasteiger partial charge on any atom is 0.335 e. The Balaban J connectivity index is 2.32. The highest BCUT2D eigenvalue weighted by atomic mass is 16.5. The third-order valence-corrected chi connectivity index (χ3v) is 3.48. The summed E-state index contributed by atoms with van der Waals surface area (Å²) in [5, 5.41) is 8.96. The van der Waals surface area contributed by atoms with E-state index in [0.717, 1.165) is 23.3 Å². The molecule has 108 valence electrons. The van der Waals surface area contributed by atoms with Gasteiger partial charge in [-0.15, -0.1) is 6.58 Å². The van der Waals surface area contributed by atoms with Gasteiger partial charge in [-0.3, -0.25) is 0 Å². The number of ether oxygens (including phenoxy) is 1. The molecule has 2 rings (SSSR count). The zero-order valence-corrected chi connectivity index (χ0v) is 12.0. The Labute approximate surface area is 124 Å². The zero-order chi connectivity index (χ0) is 15.2. The SMILES string of the molecule is C=CCC(c1ccc(OC)cc1)c1ccc(C(=O)O)cc1. The van der Waals surface area contributed by atoms with E-state index in [1.165, 1.54) is 0 Å². The third kappa shape index (κ3) is 3.51. The van der Waals surface area contributed by atoms with E-state index >= 15 is 0 Å². The lowest BCUT2D eigenvalue weighted by Crippen LogP contribution is -2.02. The van der Waals surface area contributed by atoms with Crippen molar-refractivity contribution in [2.45, 2.75) is 12.3 Å². The summed E-state index contributed by atoms with van der Waals surface area (Å²) in [5.41, 5.74) is 2.52. The highest BCUT2D eigenvalue weighted by Crippen LogP contribution is 2.29. The van der Waals surface area contributed by atoms with Crippen molar-refractivity contribution in [2.75, 3.05) is 7.11 Å². The summed E-state index contributed by atoms with van der Waals surface area (Å²) in [4.78, 5) is 10.9. The van der Waals surface area contributed by atoms with E-state index in [-0.39, 0.29) is 5.92 Å². The predicted octanol–water partition coefficient (Wildman–Crippen LogP) is 4.10. The van der Waals surface area contributed by atoms with Gasteiger partial charge in [0.1, 0.15) is 5.75 Å². The number of rotatable bonds is 6. The molecule has 1 atom stereocenters. The normalized spacial score (nSPS) is 11.7. The van der Waals surface area contributed by atoms with Crippen LogP contribution in [0.15, 0.2) is 61.2 Å². The Kier molecular flexibility index (Phi) is 4.77. The first-order valence-corrected chi connectivity index (χ1v) is 6.73. The van der Waals surface area contributed by atoms with Crippen LogP contribution in [0.1, 0.15) is 33.8 Å². The first-order chi connectivity index (χ1) is 10.2. The van der Waals surface area contributed by atoms with E-state index < -0.39 is 5.97 Å². The number of carbonyl (C=O) groups is 1. The summed E-state index contributed by atoms with van der Waals surface area (Å²) in [6.07, 6.45) is 2.67. The van der Waals surface area contributed by atoms with Crippen LogP contribution in [0.4, 0.5) is 0 Å². The predicted molar refractivity (Wildman–Crippen MR) is 83.1 cm³/mol. The number of hydrogen-bond donors (Lipinski definition) is 1. The van der Waals surface area contributed by atoms with Crippen LogP contribution in [0, 0.1) is 0 Å². The Hall–Kier alpha value is -2.55. The fraction of sp³-hybridized carbons (Fsp3) is 0.167. The lowest BCUT2D eigenvalue weighted by atomic mass is 9.88. The standard InChI is InChI=1S/C18H18O3/c1-3-4-17(14-9-11-16(21-2)12-10-14)13-5-7-15(8-6-13)18(19)20/h3,5-12,17H,1,4H2,2H3,(H,19,20). The average molecular weight is 282 g/mol. The van der Waals surface area contributed by atoms with Crippen molar-refractivity contribution in [2.24, 2.45) is 0 Å². The molecule has 0 aromatic heterocycles. The summed E-state index contributed by atoms with van der Waals surface area (Å²) >= 11 is 0. The highest BCUT2D eigenvalue weighted by molar-refractivity contribution is 5.87. The number of aromatic carboxylic acids is 1. The van der Waals surface area contributed by atoms with E-state index in [1.54, 1.807) is 19.2 Å². The van der Waals surface area contributed by atoms with Gasteiger partial charge in [0, 0.05) is 5.92 Å². The minimum atomic E-state index is -0.911. The molecule has 0 saturated carbocycles. The molecule has 0 saturated heterocycles. The molecule has 0 bridgehead atoms. The van der Waals surface area contributed by atoms with Gasteiger partial charge in [-0.05, 0) is 41.8 Å². The minimum absolute atomic E-state index is 0.163. The molecule has 3 nitrogen and oxygen atoms in total. The van der Waals surface area contributed by atoms with Crippen molar-refractivity contribution in [3.8, 4) is 5.75 Å². The average Bonchev–Trinajstić information content (AvgIpc) is 2.53. The van der Waals surface area contributed by atoms with E-state index in [0.29, 0.717) is 5.56 Å². The van der Waals surface area contributed by atoms with Crippen molar-refractivity contribution >= 4 is 5.97 Å². The maximum atomic E-state index is 10.9. The van der Waals surface area contributed by atoms with Crippen LogP contribution in [-0.2, 0) is 0 Å². The number of benzene rings is 2. The summed E-state index contributed by atoms with van der Waals surface area (Å²) in [7, 11) is 1.64. The molecule has 2 aromatic rings. The van der Waals surface area contributed by atoms with Gasteiger partial charge in [-0.25, -0.2) is 4.79 Å². The molecular formula is C18H18O3. The molecule has 0 amide bonds. The molecule has 0 spiro atoms. The number of hydrogen-bond acceptors (Lipinski definition) is 2. The first-order valence-electron chi connectivity index (χ1n) is 6.73. The number of allylic oxidation sites excluding steroid dienone is 1. The summed E-state index contributed by atoms with van der Waals surface area (Å²) in [6.45, 7) is 3.81. The highest BCUT2D eigenvalue weighted by Gasteiger charge is 2.13. The van der Waals surface area contributed by atoms with Gasteiger partial charge in [-0.2, -0.15) is 0 Å². The molecule has 21 heavy (non-hydrogen) atoms. The van der Waals surface area contributed by atoms with Gasteiger partial charge in [-0.1, -0.05) is 30.3 Å². The van der Waals surface area contributed by atoms with E-state index in [2.05, 4.69) is 6.58 Å². The van der Waals surface area contributed by atoms with Gasteiger partial charge >= 0.3 is 5.97 Å². The largest absolute Gasteiger partial charge is 0.497 e. The summed E-state index contributed by atoms with van der Waals surface area (Å²) < 4.78 is 5.17. The molecule has 0 aliphatic rings. The van der Waals surface area contributed by atoms with Gasteiger partial charge in [0.15, 0.2) is 0 Å². The smallest absolute Gasteiger partial charge is 0.335 e. The lowest BCUT2D eigenvalue weighted by molar-refractivity contribution is 0.0697. The second-order valence-electron chi connectivity index (χ2n) is 4.78. The molecule has 0 heterocycles. The van der Waals surface area contributed by atoms with Crippen molar-refractivity contribution in [3.05, 3.63) is 77.9 Å². The van der Waals surface area contributed by atoms with Crippen molar-refractivity contribution in [3.63, 3.8) is 0 Å². The van der Waals surface area contributed by atoms with E-state index in [1.807, 2.05) is 42.5 Å². The van der Waals surface area contributed by atoms with E-state index in [4.69, 9.17) is 9.84 Å². The molecule has 2 aromatic carbocycles. The van der Waals surface area contributed by atoms with Crippen molar-refractivity contribution < 1.29 is 14.6 Å². The van der Waals surface area contributed by atoms with Crippen LogP contribution in [0.3, 0.4) is 0 Å². The van der Waals surface area contributed by atoms with Crippen LogP contribution >= 0.6 is 0 Å². The molecular weight excluding hydrogens is 264 g/mol. The van der Waals surface area contributed by atoms with Crippen LogP contribution in [0.2, 0.25) is 0 Å². The Morgan fingerprint density at radius 1 is 1.14 bits per heavy atom. The van der Waals surface area contributed by atoms with Crippen LogP contribution in [0.25, 0.3) is 0 Å². The minimum Gasteiger partial charge on any atom is -0.497 e. The first kappa shape index (κ1) is 14.9. The quantitative estimate of drug-likeness (QED) is 0.811. The van der Waals surface area contributed by atoms with Gasteiger partial charge in [0.2, 0.25) is 0 Å². The second kappa shape index (κ2) is 6.75. The van der Waals surface area contributed by atoms with Crippen LogP contribution < -0.4 is 4.74 Å². The summed E-state index contributed by atoms with van der Waals surface area (Å²) in [6, 6.07) is 14.9. The van der Waals surface area contributed by atoms with Gasteiger partial charge in [0.05, 0.1) is 12.7 Å². The fourth-order valence-electron chi connectivity index (χ4n) is 2.33.